The number of halogens is 1. The zero-order chi connectivity index (χ0) is 21.3. The van der Waals surface area contributed by atoms with Crippen molar-refractivity contribution in [3.63, 3.8) is 0 Å². The molecule has 1 amide bonds. The van der Waals surface area contributed by atoms with Crippen molar-refractivity contribution in [3.05, 3.63) is 47.2 Å². The summed E-state index contributed by atoms with van der Waals surface area (Å²) >= 11 is 5.94. The molecule has 1 fully saturated rings. The molecular formula is C21H20ClN3O5. The van der Waals surface area contributed by atoms with Crippen LogP contribution in [0.25, 0.3) is 11.5 Å². The Morgan fingerprint density at radius 1 is 1.07 bits per heavy atom. The molecule has 0 radical (unpaired) electrons. The average Bonchev–Trinajstić information content (AvgIpc) is 3.40. The van der Waals surface area contributed by atoms with Crippen LogP contribution in [-0.2, 0) is 4.79 Å². The Morgan fingerprint density at radius 3 is 2.33 bits per heavy atom. The Labute approximate surface area is 178 Å². The quantitative estimate of drug-likeness (QED) is 0.586. The molecule has 2 heterocycles. The number of nitrogens with zero attached hydrogens (tertiary/aromatic N) is 3. The molecular weight excluding hydrogens is 410 g/mol. The minimum absolute atomic E-state index is 0.00135. The van der Waals surface area contributed by atoms with E-state index in [0.717, 1.165) is 5.69 Å². The highest BCUT2D eigenvalue weighted by molar-refractivity contribution is 6.30. The number of hydrogen-bond acceptors (Lipinski definition) is 7. The van der Waals surface area contributed by atoms with Crippen LogP contribution in [0, 0.1) is 0 Å². The van der Waals surface area contributed by atoms with Gasteiger partial charge < -0.3 is 23.6 Å². The van der Waals surface area contributed by atoms with Crippen LogP contribution in [0.5, 0.6) is 17.2 Å². The van der Waals surface area contributed by atoms with E-state index in [1.54, 1.807) is 29.2 Å². The van der Waals surface area contributed by atoms with Gasteiger partial charge in [0.25, 0.3) is 5.89 Å². The van der Waals surface area contributed by atoms with Gasteiger partial charge in [0.1, 0.15) is 0 Å². The molecule has 3 aromatic rings. The standard InChI is InChI=1S/C21H20ClN3O5/c1-27-16-8-12(9-17(28-2)19(16)29-3)21-23-20(24-30-21)13-10-18(26)25(11-13)15-6-4-14(22)5-7-15/h4-9,13H,10-11H2,1-3H3/t13-/m0/s1. The number of carbonyl (C=O) groups excluding carboxylic acids is 1. The summed E-state index contributed by atoms with van der Waals surface area (Å²) in [6.07, 6.45) is 0.302. The molecule has 156 valence electrons. The largest absolute Gasteiger partial charge is 0.493 e. The van der Waals surface area contributed by atoms with Crippen molar-refractivity contribution in [1.29, 1.82) is 0 Å². The maximum atomic E-state index is 12.5. The maximum absolute atomic E-state index is 12.5. The lowest BCUT2D eigenvalue weighted by Crippen LogP contribution is -2.24. The Morgan fingerprint density at radius 2 is 1.73 bits per heavy atom. The molecule has 1 aromatic heterocycles. The van der Waals surface area contributed by atoms with E-state index in [4.69, 9.17) is 30.3 Å². The summed E-state index contributed by atoms with van der Waals surface area (Å²) in [6, 6.07) is 10.6. The first-order chi connectivity index (χ1) is 14.5. The molecule has 1 saturated heterocycles. The van der Waals surface area contributed by atoms with Gasteiger partial charge in [-0.1, -0.05) is 16.8 Å². The molecule has 8 nitrogen and oxygen atoms in total. The van der Waals surface area contributed by atoms with Crippen LogP contribution in [0.15, 0.2) is 40.9 Å². The summed E-state index contributed by atoms with van der Waals surface area (Å²) in [4.78, 5) is 18.7. The predicted octanol–water partition coefficient (Wildman–Crippen LogP) is 3.94. The first-order valence-electron chi connectivity index (χ1n) is 9.24. The highest BCUT2D eigenvalue weighted by Gasteiger charge is 2.34. The van der Waals surface area contributed by atoms with E-state index in [-0.39, 0.29) is 11.8 Å². The fourth-order valence-electron chi connectivity index (χ4n) is 3.47. The molecule has 0 bridgehead atoms. The third-order valence-corrected chi connectivity index (χ3v) is 5.23. The monoisotopic (exact) mass is 429 g/mol. The minimum atomic E-state index is -0.173. The summed E-state index contributed by atoms with van der Waals surface area (Å²) < 4.78 is 21.6. The van der Waals surface area contributed by atoms with E-state index in [2.05, 4.69) is 10.1 Å². The molecule has 2 aromatic carbocycles. The van der Waals surface area contributed by atoms with E-state index < -0.39 is 0 Å². The smallest absolute Gasteiger partial charge is 0.258 e. The lowest BCUT2D eigenvalue weighted by Gasteiger charge is -2.16. The third kappa shape index (κ3) is 3.66. The maximum Gasteiger partial charge on any atom is 0.258 e. The fraction of sp³-hybridized carbons (Fsp3) is 0.286. The normalized spacial score (nSPS) is 16.1. The summed E-state index contributed by atoms with van der Waals surface area (Å²) in [5, 5.41) is 4.73. The number of carbonyl (C=O) groups is 1. The van der Waals surface area contributed by atoms with Gasteiger partial charge in [0, 0.05) is 35.2 Å². The molecule has 0 unspecified atom stereocenters. The lowest BCUT2D eigenvalue weighted by molar-refractivity contribution is -0.117. The fourth-order valence-corrected chi connectivity index (χ4v) is 3.60. The van der Waals surface area contributed by atoms with Gasteiger partial charge >= 0.3 is 0 Å². The molecule has 0 spiro atoms. The molecule has 1 aliphatic rings. The van der Waals surface area contributed by atoms with Crippen LogP contribution in [-0.4, -0.2) is 43.9 Å². The number of hydrogen-bond donors (Lipinski definition) is 0. The summed E-state index contributed by atoms with van der Waals surface area (Å²) in [6.45, 7) is 0.467. The van der Waals surface area contributed by atoms with Gasteiger partial charge in [0.05, 0.1) is 21.3 Å². The van der Waals surface area contributed by atoms with Gasteiger partial charge in [-0.05, 0) is 36.4 Å². The molecule has 1 aliphatic heterocycles. The van der Waals surface area contributed by atoms with E-state index in [1.807, 2.05) is 12.1 Å². The van der Waals surface area contributed by atoms with Crippen molar-refractivity contribution < 1.29 is 23.5 Å². The number of amides is 1. The van der Waals surface area contributed by atoms with Crippen LogP contribution in [0.3, 0.4) is 0 Å². The third-order valence-electron chi connectivity index (χ3n) is 4.98. The van der Waals surface area contributed by atoms with Crippen molar-refractivity contribution in [2.75, 3.05) is 32.8 Å². The first-order valence-corrected chi connectivity index (χ1v) is 9.61. The molecule has 0 aliphatic carbocycles. The Hall–Kier alpha value is -3.26. The average molecular weight is 430 g/mol. The van der Waals surface area contributed by atoms with Gasteiger partial charge in [-0.15, -0.1) is 0 Å². The highest BCUT2D eigenvalue weighted by Crippen LogP contribution is 2.41. The Balaban J connectivity index is 1.59. The predicted molar refractivity (Wildman–Crippen MR) is 111 cm³/mol. The van der Waals surface area contributed by atoms with Crippen molar-refractivity contribution in [2.24, 2.45) is 0 Å². The number of ether oxygens (including phenoxy) is 3. The van der Waals surface area contributed by atoms with Crippen LogP contribution in [0.4, 0.5) is 5.69 Å². The minimum Gasteiger partial charge on any atom is -0.493 e. The molecule has 4 rings (SSSR count). The van der Waals surface area contributed by atoms with Gasteiger partial charge in [0.2, 0.25) is 11.7 Å². The Bertz CT molecular complexity index is 1040. The number of benzene rings is 2. The number of aromatic nitrogens is 2. The van der Waals surface area contributed by atoms with Gasteiger partial charge in [-0.25, -0.2) is 0 Å². The number of methoxy groups -OCH3 is 3. The number of anilines is 1. The van der Waals surface area contributed by atoms with Gasteiger partial charge in [-0.2, -0.15) is 4.98 Å². The lowest BCUT2D eigenvalue weighted by atomic mass is 10.1. The first kappa shape index (κ1) is 20.0. The molecule has 0 saturated carbocycles. The van der Waals surface area contributed by atoms with Crippen LogP contribution < -0.4 is 19.1 Å². The Kier molecular flexibility index (Phi) is 5.50. The molecule has 0 N–H and O–H groups in total. The highest BCUT2D eigenvalue weighted by atomic mass is 35.5. The second-order valence-corrected chi connectivity index (χ2v) is 7.19. The second kappa shape index (κ2) is 8.23. The van der Waals surface area contributed by atoms with E-state index >= 15 is 0 Å². The second-order valence-electron chi connectivity index (χ2n) is 6.75. The summed E-state index contributed by atoms with van der Waals surface area (Å²) in [7, 11) is 4.61. The van der Waals surface area contributed by atoms with Crippen molar-refractivity contribution in [3.8, 4) is 28.7 Å². The van der Waals surface area contributed by atoms with Crippen molar-refractivity contribution in [1.82, 2.24) is 10.1 Å². The number of rotatable bonds is 6. The molecule has 30 heavy (non-hydrogen) atoms. The zero-order valence-electron chi connectivity index (χ0n) is 16.7. The zero-order valence-corrected chi connectivity index (χ0v) is 17.5. The molecule has 1 atom stereocenters. The van der Waals surface area contributed by atoms with Crippen molar-refractivity contribution in [2.45, 2.75) is 12.3 Å². The summed E-state index contributed by atoms with van der Waals surface area (Å²) in [5.74, 6) is 2.05. The van der Waals surface area contributed by atoms with E-state index in [0.29, 0.717) is 52.5 Å². The van der Waals surface area contributed by atoms with E-state index in [9.17, 15) is 4.79 Å². The molecule has 9 heteroatoms. The van der Waals surface area contributed by atoms with Gasteiger partial charge in [-0.3, -0.25) is 4.79 Å². The summed E-state index contributed by atoms with van der Waals surface area (Å²) in [5.41, 5.74) is 1.42. The SMILES string of the molecule is COc1cc(-c2nc([C@H]3CC(=O)N(c4ccc(Cl)cc4)C3)no2)cc(OC)c1OC. The van der Waals surface area contributed by atoms with Crippen molar-refractivity contribution >= 4 is 23.2 Å². The van der Waals surface area contributed by atoms with Crippen LogP contribution in [0.2, 0.25) is 5.02 Å². The van der Waals surface area contributed by atoms with E-state index in [1.165, 1.54) is 21.3 Å². The van der Waals surface area contributed by atoms with Crippen LogP contribution in [0.1, 0.15) is 18.2 Å². The van der Waals surface area contributed by atoms with Gasteiger partial charge in [0.15, 0.2) is 17.3 Å². The topological polar surface area (TPSA) is 86.9 Å². The van der Waals surface area contributed by atoms with Crippen LogP contribution >= 0.6 is 11.6 Å².